The number of fused-ring (bicyclic) bond motifs is 1. The maximum absolute atomic E-state index is 14.1. The summed E-state index contributed by atoms with van der Waals surface area (Å²) < 4.78 is 34.4. The average molecular weight is 335 g/mol. The standard InChI is InChI=1S/C17H19F2N3O2/c1-17(2,3)24-16(23)21-6-7-22-10-20-15(14(22)9-21)12-5-4-11(18)8-13(12)19/h4-5,8,10H,6-7,9H2,1-3H3. The molecule has 0 fully saturated rings. The number of carbonyl (C=O) groups excluding carboxylic acids is 1. The SMILES string of the molecule is CC(C)(C)OC(=O)N1CCn2cnc(-c3ccc(F)cc3F)c2C1. The van der Waals surface area contributed by atoms with Gasteiger partial charge >= 0.3 is 6.09 Å². The van der Waals surface area contributed by atoms with E-state index in [1.807, 2.05) is 4.57 Å². The van der Waals surface area contributed by atoms with Gasteiger partial charge in [0.05, 0.1) is 24.3 Å². The summed E-state index contributed by atoms with van der Waals surface area (Å²) in [7, 11) is 0. The third-order valence-electron chi connectivity index (χ3n) is 3.74. The Morgan fingerprint density at radius 2 is 2.00 bits per heavy atom. The molecule has 5 nitrogen and oxygen atoms in total. The van der Waals surface area contributed by atoms with E-state index in [4.69, 9.17) is 4.74 Å². The first-order valence-electron chi connectivity index (χ1n) is 7.72. The van der Waals surface area contributed by atoms with Crippen LogP contribution >= 0.6 is 0 Å². The Labute approximate surface area is 138 Å². The quantitative estimate of drug-likeness (QED) is 0.800. The number of ether oxygens (including phenoxy) is 1. The molecule has 2 heterocycles. The van der Waals surface area contributed by atoms with Gasteiger partial charge in [-0.3, -0.25) is 0 Å². The van der Waals surface area contributed by atoms with Crippen molar-refractivity contribution in [2.24, 2.45) is 0 Å². The molecule has 3 rings (SSSR count). The first kappa shape index (κ1) is 16.4. The van der Waals surface area contributed by atoms with Gasteiger partial charge in [0.2, 0.25) is 0 Å². The number of imidazole rings is 1. The van der Waals surface area contributed by atoms with Gasteiger partial charge in [0.15, 0.2) is 0 Å². The fraction of sp³-hybridized carbons (Fsp3) is 0.412. The highest BCUT2D eigenvalue weighted by Crippen LogP contribution is 2.28. The van der Waals surface area contributed by atoms with Gasteiger partial charge in [0.1, 0.15) is 17.2 Å². The van der Waals surface area contributed by atoms with E-state index in [2.05, 4.69) is 4.98 Å². The minimum absolute atomic E-state index is 0.219. The van der Waals surface area contributed by atoms with Gasteiger partial charge in [-0.15, -0.1) is 0 Å². The lowest BCUT2D eigenvalue weighted by molar-refractivity contribution is 0.0199. The molecule has 1 aliphatic rings. The zero-order valence-corrected chi connectivity index (χ0v) is 13.8. The van der Waals surface area contributed by atoms with Crippen LogP contribution in [0.3, 0.4) is 0 Å². The summed E-state index contributed by atoms with van der Waals surface area (Å²) in [6.45, 7) is 6.71. The number of aromatic nitrogens is 2. The summed E-state index contributed by atoms with van der Waals surface area (Å²) >= 11 is 0. The van der Waals surface area contributed by atoms with Crippen molar-refractivity contribution in [2.45, 2.75) is 39.5 Å². The number of nitrogens with zero attached hydrogens (tertiary/aromatic N) is 3. The fourth-order valence-electron chi connectivity index (χ4n) is 2.64. The number of rotatable bonds is 1. The molecule has 1 aromatic carbocycles. The zero-order valence-electron chi connectivity index (χ0n) is 13.8. The van der Waals surface area contributed by atoms with E-state index in [1.54, 1.807) is 32.0 Å². The van der Waals surface area contributed by atoms with Crippen LogP contribution in [0.1, 0.15) is 26.5 Å². The van der Waals surface area contributed by atoms with Gasteiger partial charge in [-0.25, -0.2) is 18.6 Å². The van der Waals surface area contributed by atoms with E-state index in [-0.39, 0.29) is 12.1 Å². The molecule has 0 spiro atoms. The summed E-state index contributed by atoms with van der Waals surface area (Å²) in [5.74, 6) is -1.31. The molecule has 1 amide bonds. The van der Waals surface area contributed by atoms with Crippen LogP contribution in [0.2, 0.25) is 0 Å². The third-order valence-corrected chi connectivity index (χ3v) is 3.74. The first-order chi connectivity index (χ1) is 11.2. The molecule has 128 valence electrons. The number of halogens is 2. The van der Waals surface area contributed by atoms with E-state index in [9.17, 15) is 13.6 Å². The Bertz CT molecular complexity index is 781. The lowest BCUT2D eigenvalue weighted by Gasteiger charge is -2.31. The summed E-state index contributed by atoms with van der Waals surface area (Å²) in [5, 5.41) is 0. The number of amides is 1. The van der Waals surface area contributed by atoms with Gasteiger partial charge in [-0.1, -0.05) is 0 Å². The van der Waals surface area contributed by atoms with Crippen molar-refractivity contribution in [3.63, 3.8) is 0 Å². The normalized spacial score (nSPS) is 14.5. The van der Waals surface area contributed by atoms with Crippen LogP contribution in [-0.2, 0) is 17.8 Å². The Kier molecular flexibility index (Phi) is 4.03. The molecule has 0 atom stereocenters. The van der Waals surface area contributed by atoms with Crippen molar-refractivity contribution in [1.82, 2.24) is 14.5 Å². The lowest BCUT2D eigenvalue weighted by atomic mass is 10.1. The zero-order chi connectivity index (χ0) is 17.5. The minimum atomic E-state index is -0.675. The molecule has 0 bridgehead atoms. The smallest absolute Gasteiger partial charge is 0.410 e. The van der Waals surface area contributed by atoms with Crippen molar-refractivity contribution < 1.29 is 18.3 Å². The molecule has 1 aromatic heterocycles. The highest BCUT2D eigenvalue weighted by atomic mass is 19.1. The van der Waals surface area contributed by atoms with Crippen LogP contribution < -0.4 is 0 Å². The van der Waals surface area contributed by atoms with E-state index in [1.165, 1.54) is 12.1 Å². The predicted molar refractivity (Wildman–Crippen MR) is 84.2 cm³/mol. The molecule has 0 radical (unpaired) electrons. The molecule has 24 heavy (non-hydrogen) atoms. The minimum Gasteiger partial charge on any atom is -0.444 e. The molecule has 1 aliphatic heterocycles. The highest BCUT2D eigenvalue weighted by Gasteiger charge is 2.28. The van der Waals surface area contributed by atoms with Crippen LogP contribution in [0.25, 0.3) is 11.3 Å². The van der Waals surface area contributed by atoms with Crippen molar-refractivity contribution in [3.05, 3.63) is 41.9 Å². The van der Waals surface area contributed by atoms with E-state index >= 15 is 0 Å². The van der Waals surface area contributed by atoms with Gasteiger partial charge in [-0.05, 0) is 32.9 Å². The summed E-state index contributed by atoms with van der Waals surface area (Å²) in [6, 6.07) is 3.38. The second kappa shape index (κ2) is 5.89. The maximum Gasteiger partial charge on any atom is 0.410 e. The number of benzene rings is 1. The van der Waals surface area contributed by atoms with Gasteiger partial charge in [0.25, 0.3) is 0 Å². The van der Waals surface area contributed by atoms with Crippen molar-refractivity contribution in [2.75, 3.05) is 6.54 Å². The summed E-state index contributed by atoms with van der Waals surface area (Å²) in [6.07, 6.45) is 1.19. The van der Waals surface area contributed by atoms with Gasteiger partial charge < -0.3 is 14.2 Å². The number of hydrogen-bond donors (Lipinski definition) is 0. The van der Waals surface area contributed by atoms with Gasteiger partial charge in [-0.2, -0.15) is 0 Å². The topological polar surface area (TPSA) is 47.4 Å². The largest absolute Gasteiger partial charge is 0.444 e. The first-order valence-corrected chi connectivity index (χ1v) is 7.72. The van der Waals surface area contributed by atoms with E-state index in [0.29, 0.717) is 24.5 Å². The van der Waals surface area contributed by atoms with Crippen LogP contribution in [0.4, 0.5) is 13.6 Å². The van der Waals surface area contributed by atoms with Crippen LogP contribution in [0.5, 0.6) is 0 Å². The monoisotopic (exact) mass is 335 g/mol. The third kappa shape index (κ3) is 3.25. The van der Waals surface area contributed by atoms with E-state index in [0.717, 1.165) is 6.07 Å². The molecule has 7 heteroatoms. The van der Waals surface area contributed by atoms with Crippen LogP contribution in [0, 0.1) is 11.6 Å². The lowest BCUT2D eigenvalue weighted by Crippen LogP contribution is -2.41. The molecule has 0 unspecified atom stereocenters. The summed E-state index contributed by atoms with van der Waals surface area (Å²) in [4.78, 5) is 18.1. The van der Waals surface area contributed by atoms with Crippen molar-refractivity contribution >= 4 is 6.09 Å². The Morgan fingerprint density at radius 3 is 2.67 bits per heavy atom. The number of carbonyl (C=O) groups is 1. The molecule has 0 aliphatic carbocycles. The molecule has 2 aromatic rings. The Morgan fingerprint density at radius 1 is 1.25 bits per heavy atom. The number of hydrogen-bond acceptors (Lipinski definition) is 3. The average Bonchev–Trinajstić information content (AvgIpc) is 2.88. The van der Waals surface area contributed by atoms with Gasteiger partial charge in [0, 0.05) is 24.7 Å². The van der Waals surface area contributed by atoms with Crippen molar-refractivity contribution in [3.8, 4) is 11.3 Å². The predicted octanol–water partition coefficient (Wildman–Crippen LogP) is 3.58. The molecular formula is C17H19F2N3O2. The van der Waals surface area contributed by atoms with Crippen LogP contribution in [0.15, 0.2) is 24.5 Å². The highest BCUT2D eigenvalue weighted by molar-refractivity contribution is 5.69. The van der Waals surface area contributed by atoms with Crippen LogP contribution in [-0.4, -0.2) is 32.7 Å². The molecule has 0 N–H and O–H groups in total. The van der Waals surface area contributed by atoms with Crippen molar-refractivity contribution in [1.29, 1.82) is 0 Å². The molecule has 0 saturated carbocycles. The molecular weight excluding hydrogens is 316 g/mol. The second-order valence-corrected chi connectivity index (χ2v) is 6.76. The summed E-state index contributed by atoms with van der Waals surface area (Å²) in [5.41, 5.74) is 0.760. The maximum atomic E-state index is 14.1. The molecule has 0 saturated heterocycles. The second-order valence-electron chi connectivity index (χ2n) is 6.76. The fourth-order valence-corrected chi connectivity index (χ4v) is 2.64. The Hall–Kier alpha value is -2.44. The Balaban J connectivity index is 1.89. The van der Waals surface area contributed by atoms with E-state index < -0.39 is 23.3 Å².